The van der Waals surface area contributed by atoms with Gasteiger partial charge in [-0.3, -0.25) is 0 Å². The molecule has 11 aromatic rings. The van der Waals surface area contributed by atoms with Crippen LogP contribution in [0.2, 0.25) is 0 Å². The normalized spacial score (nSPS) is 11.6. The van der Waals surface area contributed by atoms with Crippen LogP contribution in [0.15, 0.2) is 217 Å². The maximum atomic E-state index is 6.17. The highest BCUT2D eigenvalue weighted by molar-refractivity contribution is 6.13. The maximum absolute atomic E-state index is 6.17. The summed E-state index contributed by atoms with van der Waals surface area (Å²) in [7, 11) is 0. The van der Waals surface area contributed by atoms with E-state index in [0.717, 1.165) is 27.6 Å². The Morgan fingerprint density at radius 2 is 0.732 bits per heavy atom. The summed E-state index contributed by atoms with van der Waals surface area (Å²) in [6.45, 7) is 0. The number of hydrogen-bond donors (Lipinski definition) is 0. The molecule has 0 unspecified atom stereocenters. The van der Waals surface area contributed by atoms with Gasteiger partial charge in [-0.15, -0.1) is 0 Å². The molecular formula is C54H35NO. The average molecular weight is 714 g/mol. The van der Waals surface area contributed by atoms with Gasteiger partial charge in [-0.1, -0.05) is 158 Å². The summed E-state index contributed by atoms with van der Waals surface area (Å²) in [5.41, 5.74) is 17.4. The number of furan rings is 1. The molecule has 2 aromatic heterocycles. The molecule has 2 heteroatoms. The highest BCUT2D eigenvalue weighted by Crippen LogP contribution is 2.39. The van der Waals surface area contributed by atoms with E-state index in [9.17, 15) is 0 Å². The zero-order valence-corrected chi connectivity index (χ0v) is 30.6. The van der Waals surface area contributed by atoms with Crippen molar-refractivity contribution < 1.29 is 4.42 Å². The monoisotopic (exact) mass is 713 g/mol. The van der Waals surface area contributed by atoms with Crippen molar-refractivity contribution in [2.45, 2.75) is 0 Å². The molecule has 0 aliphatic carbocycles. The lowest BCUT2D eigenvalue weighted by atomic mass is 9.95. The molecule has 9 aromatic carbocycles. The van der Waals surface area contributed by atoms with Crippen molar-refractivity contribution in [3.63, 3.8) is 0 Å². The fourth-order valence-electron chi connectivity index (χ4n) is 8.46. The second-order valence-electron chi connectivity index (χ2n) is 14.5. The number of fused-ring (bicyclic) bond motifs is 6. The van der Waals surface area contributed by atoms with Gasteiger partial charge in [0, 0.05) is 27.2 Å². The Balaban J connectivity index is 0.944. The van der Waals surface area contributed by atoms with Crippen molar-refractivity contribution in [2.75, 3.05) is 0 Å². The highest BCUT2D eigenvalue weighted by atomic mass is 16.3. The topological polar surface area (TPSA) is 18.1 Å². The van der Waals surface area contributed by atoms with E-state index in [1.54, 1.807) is 0 Å². The van der Waals surface area contributed by atoms with Gasteiger partial charge in [-0.2, -0.15) is 0 Å². The molecule has 56 heavy (non-hydrogen) atoms. The Hall–Kier alpha value is -7.42. The van der Waals surface area contributed by atoms with Crippen molar-refractivity contribution in [3.05, 3.63) is 212 Å². The number of para-hydroxylation sites is 1. The number of aromatic nitrogens is 1. The Morgan fingerprint density at radius 3 is 1.36 bits per heavy atom. The van der Waals surface area contributed by atoms with Gasteiger partial charge in [0.15, 0.2) is 0 Å². The minimum atomic E-state index is 0.916. The molecule has 0 radical (unpaired) electrons. The first-order valence-electron chi connectivity index (χ1n) is 19.2. The van der Waals surface area contributed by atoms with E-state index in [4.69, 9.17) is 4.42 Å². The van der Waals surface area contributed by atoms with Gasteiger partial charge in [0.25, 0.3) is 0 Å². The summed E-state index contributed by atoms with van der Waals surface area (Å²) >= 11 is 0. The molecule has 11 rings (SSSR count). The van der Waals surface area contributed by atoms with E-state index >= 15 is 0 Å². The quantitative estimate of drug-likeness (QED) is 0.168. The van der Waals surface area contributed by atoms with Gasteiger partial charge in [-0.25, -0.2) is 0 Å². The lowest BCUT2D eigenvalue weighted by Crippen LogP contribution is -1.94. The van der Waals surface area contributed by atoms with Gasteiger partial charge in [0.1, 0.15) is 11.2 Å². The molecule has 0 aliphatic heterocycles. The van der Waals surface area contributed by atoms with Crippen LogP contribution in [0.25, 0.3) is 105 Å². The predicted octanol–water partition coefficient (Wildman–Crippen LogP) is 15.0. The molecule has 0 saturated carbocycles. The molecule has 2 nitrogen and oxygen atoms in total. The zero-order chi connectivity index (χ0) is 37.0. The van der Waals surface area contributed by atoms with Gasteiger partial charge in [0.05, 0.1) is 11.0 Å². The highest BCUT2D eigenvalue weighted by Gasteiger charge is 2.16. The number of hydrogen-bond acceptors (Lipinski definition) is 1. The molecule has 0 N–H and O–H groups in total. The second kappa shape index (κ2) is 13.2. The summed E-state index contributed by atoms with van der Waals surface area (Å²) in [6.07, 6.45) is 0. The number of benzene rings is 9. The van der Waals surface area contributed by atoms with Crippen LogP contribution < -0.4 is 0 Å². The molecule has 0 amide bonds. The number of rotatable bonds is 6. The van der Waals surface area contributed by atoms with Crippen LogP contribution in [-0.2, 0) is 0 Å². The summed E-state index contributed by atoms with van der Waals surface area (Å²) in [5, 5.41) is 4.80. The van der Waals surface area contributed by atoms with Crippen LogP contribution in [0.3, 0.4) is 0 Å². The first kappa shape index (κ1) is 32.0. The first-order valence-corrected chi connectivity index (χ1v) is 19.2. The van der Waals surface area contributed by atoms with Gasteiger partial charge in [0.2, 0.25) is 0 Å². The van der Waals surface area contributed by atoms with Crippen LogP contribution in [0.1, 0.15) is 0 Å². The molecular weight excluding hydrogens is 679 g/mol. The fourth-order valence-corrected chi connectivity index (χ4v) is 8.46. The first-order chi connectivity index (χ1) is 27.7. The van der Waals surface area contributed by atoms with Crippen molar-refractivity contribution in [2.24, 2.45) is 0 Å². The van der Waals surface area contributed by atoms with E-state index in [0.29, 0.717) is 0 Å². The van der Waals surface area contributed by atoms with Crippen molar-refractivity contribution in [3.8, 4) is 61.3 Å². The molecule has 0 spiro atoms. The molecule has 0 aliphatic rings. The third kappa shape index (κ3) is 5.42. The van der Waals surface area contributed by atoms with Gasteiger partial charge >= 0.3 is 0 Å². The Morgan fingerprint density at radius 1 is 0.286 bits per heavy atom. The van der Waals surface area contributed by atoms with Crippen molar-refractivity contribution in [1.82, 2.24) is 4.57 Å². The van der Waals surface area contributed by atoms with Crippen LogP contribution in [-0.4, -0.2) is 4.57 Å². The summed E-state index contributed by atoms with van der Waals surface area (Å²) < 4.78 is 8.57. The maximum Gasteiger partial charge on any atom is 0.136 e. The Kier molecular flexibility index (Phi) is 7.53. The van der Waals surface area contributed by atoms with Crippen molar-refractivity contribution >= 4 is 43.7 Å². The third-order valence-corrected chi connectivity index (χ3v) is 11.2. The second-order valence-corrected chi connectivity index (χ2v) is 14.5. The lowest BCUT2D eigenvalue weighted by Gasteiger charge is -2.11. The minimum absolute atomic E-state index is 0.916. The lowest BCUT2D eigenvalue weighted by molar-refractivity contribution is 0.669. The Bertz CT molecular complexity index is 3110. The van der Waals surface area contributed by atoms with Crippen LogP contribution in [0, 0.1) is 0 Å². The molecule has 0 fully saturated rings. The standard InChI is InChI=1S/C54H35NO/c1-3-11-36(12-4-1)43-27-31-50-48(34-43)49-35-44(37-13-5-2-6-14-37)28-32-51(49)55(50)45-29-25-39(26-30-45)42-16-9-15-41(33-42)38-21-23-40(24-22-38)46-18-10-20-53-54(46)47-17-7-8-19-52(47)56-53/h1-35H. The van der Waals surface area contributed by atoms with Crippen LogP contribution >= 0.6 is 0 Å². The van der Waals surface area contributed by atoms with Gasteiger partial charge < -0.3 is 8.98 Å². The predicted molar refractivity (Wildman–Crippen MR) is 235 cm³/mol. The molecule has 0 bridgehead atoms. The number of nitrogens with zero attached hydrogens (tertiary/aromatic N) is 1. The van der Waals surface area contributed by atoms with Crippen LogP contribution in [0.4, 0.5) is 0 Å². The van der Waals surface area contributed by atoms with E-state index in [1.807, 2.05) is 12.1 Å². The molecule has 262 valence electrons. The third-order valence-electron chi connectivity index (χ3n) is 11.2. The zero-order valence-electron chi connectivity index (χ0n) is 30.6. The van der Waals surface area contributed by atoms with Gasteiger partial charge in [-0.05, 0) is 110 Å². The van der Waals surface area contributed by atoms with E-state index in [-0.39, 0.29) is 0 Å². The summed E-state index contributed by atoms with van der Waals surface area (Å²) in [4.78, 5) is 0. The Labute approximate surface area is 325 Å². The smallest absolute Gasteiger partial charge is 0.136 e. The van der Waals surface area contributed by atoms with E-state index in [1.165, 1.54) is 77.4 Å². The molecule has 2 heterocycles. The van der Waals surface area contributed by atoms with E-state index in [2.05, 4.69) is 205 Å². The summed E-state index contributed by atoms with van der Waals surface area (Å²) in [5.74, 6) is 0. The largest absolute Gasteiger partial charge is 0.456 e. The minimum Gasteiger partial charge on any atom is -0.456 e. The van der Waals surface area contributed by atoms with Crippen molar-refractivity contribution in [1.29, 1.82) is 0 Å². The summed E-state index contributed by atoms with van der Waals surface area (Å²) in [6, 6.07) is 76.4. The van der Waals surface area contributed by atoms with Crippen LogP contribution in [0.5, 0.6) is 0 Å². The average Bonchev–Trinajstić information content (AvgIpc) is 3.82. The fraction of sp³-hybridized carbons (Fsp3) is 0. The van der Waals surface area contributed by atoms with E-state index < -0.39 is 0 Å². The molecule has 0 saturated heterocycles. The molecule has 0 atom stereocenters. The SMILES string of the molecule is c1ccc(-c2ccc3c(c2)c2cc(-c4ccccc4)ccc2n3-c2ccc(-c3cccc(-c4ccc(-c5cccc6oc7ccccc7c56)cc4)c3)cc2)cc1.